The number of aliphatic hydroxyl groups excluding tert-OH is 1. The number of carboxylic acids is 1. The predicted molar refractivity (Wildman–Crippen MR) is 67.8 cm³/mol. The Balaban J connectivity index is 2.08. The van der Waals surface area contributed by atoms with Crippen LogP contribution in [0.25, 0.3) is 0 Å². The van der Waals surface area contributed by atoms with Gasteiger partial charge in [-0.05, 0) is 14.0 Å². The minimum Gasteiger partial charge on any atom is -0.480 e. The van der Waals surface area contributed by atoms with Gasteiger partial charge in [-0.15, -0.1) is 0 Å². The van der Waals surface area contributed by atoms with E-state index in [0.29, 0.717) is 6.54 Å². The second kappa shape index (κ2) is 5.34. The molecule has 0 aromatic rings. The first-order valence-electron chi connectivity index (χ1n) is 6.56. The van der Waals surface area contributed by atoms with E-state index in [2.05, 4.69) is 4.90 Å². The number of likely N-dealkylation sites (N-methyl/N-ethyl adjacent to an activating group) is 1. The molecule has 2 heterocycles. The van der Waals surface area contributed by atoms with E-state index in [-0.39, 0.29) is 25.0 Å². The molecule has 0 aromatic carbocycles. The Morgan fingerprint density at radius 3 is 2.42 bits per heavy atom. The van der Waals surface area contributed by atoms with Crippen molar-refractivity contribution in [3.63, 3.8) is 0 Å². The van der Waals surface area contributed by atoms with E-state index in [1.54, 1.807) is 4.90 Å². The second-order valence-corrected chi connectivity index (χ2v) is 5.48. The van der Waals surface area contributed by atoms with E-state index >= 15 is 0 Å². The van der Waals surface area contributed by atoms with Gasteiger partial charge in [0, 0.05) is 38.6 Å². The van der Waals surface area contributed by atoms with Crippen molar-refractivity contribution in [2.75, 3.05) is 33.2 Å². The van der Waals surface area contributed by atoms with Crippen molar-refractivity contribution in [3.05, 3.63) is 0 Å². The molecule has 3 atom stereocenters. The van der Waals surface area contributed by atoms with Crippen molar-refractivity contribution in [1.29, 1.82) is 0 Å². The third-order valence-corrected chi connectivity index (χ3v) is 3.89. The van der Waals surface area contributed by atoms with Crippen LogP contribution >= 0.6 is 0 Å². The van der Waals surface area contributed by atoms with Crippen LogP contribution in [0, 0.1) is 0 Å². The lowest BCUT2D eigenvalue weighted by Crippen LogP contribution is -2.57. The Labute approximate surface area is 112 Å². The number of piperazine rings is 1. The highest BCUT2D eigenvalue weighted by Crippen LogP contribution is 2.21. The van der Waals surface area contributed by atoms with Gasteiger partial charge in [-0.1, -0.05) is 0 Å². The minimum absolute atomic E-state index is 0.0541. The molecule has 0 aliphatic carbocycles. The standard InChI is InChI=1S/C12H21N3O4/c1-8-6-13(2)3-4-14(8)12(19)15-7-9(16)5-10(15)11(17)18/h8-10,16H,3-7H2,1-2H3,(H,17,18)/t8?,9-,10-/m1/s1. The fraction of sp³-hybridized carbons (Fsp3) is 0.833. The summed E-state index contributed by atoms with van der Waals surface area (Å²) in [7, 11) is 2.00. The Morgan fingerprint density at radius 1 is 1.16 bits per heavy atom. The summed E-state index contributed by atoms with van der Waals surface area (Å²) in [5.74, 6) is -1.05. The maximum absolute atomic E-state index is 12.4. The molecule has 7 heteroatoms. The molecule has 7 nitrogen and oxygen atoms in total. The minimum atomic E-state index is -1.05. The van der Waals surface area contributed by atoms with Crippen LogP contribution in [0.3, 0.4) is 0 Å². The van der Waals surface area contributed by atoms with Crippen molar-refractivity contribution in [2.45, 2.75) is 31.5 Å². The SMILES string of the molecule is CC1CN(C)CCN1C(=O)N1C[C@H](O)C[C@@H]1C(=O)O. The number of carbonyl (C=O) groups excluding carboxylic acids is 1. The Bertz CT molecular complexity index is 376. The topological polar surface area (TPSA) is 84.3 Å². The van der Waals surface area contributed by atoms with Gasteiger partial charge in [0.2, 0.25) is 0 Å². The van der Waals surface area contributed by atoms with Crippen molar-refractivity contribution >= 4 is 12.0 Å². The van der Waals surface area contributed by atoms with Gasteiger partial charge in [0.15, 0.2) is 0 Å². The van der Waals surface area contributed by atoms with Gasteiger partial charge in [-0.25, -0.2) is 9.59 Å². The molecule has 2 fully saturated rings. The number of likely N-dealkylation sites (tertiary alicyclic amines) is 1. The highest BCUT2D eigenvalue weighted by molar-refractivity contribution is 5.83. The smallest absolute Gasteiger partial charge is 0.326 e. The zero-order valence-corrected chi connectivity index (χ0v) is 11.3. The first-order chi connectivity index (χ1) is 8.90. The zero-order chi connectivity index (χ0) is 14.2. The van der Waals surface area contributed by atoms with Crippen LogP contribution in [0.5, 0.6) is 0 Å². The van der Waals surface area contributed by atoms with Gasteiger partial charge in [-0.2, -0.15) is 0 Å². The normalized spacial score (nSPS) is 32.7. The fourth-order valence-corrected chi connectivity index (χ4v) is 2.85. The third-order valence-electron chi connectivity index (χ3n) is 3.89. The molecule has 19 heavy (non-hydrogen) atoms. The van der Waals surface area contributed by atoms with E-state index in [0.717, 1.165) is 13.1 Å². The molecule has 0 saturated carbocycles. The molecule has 108 valence electrons. The molecule has 2 N–H and O–H groups in total. The van der Waals surface area contributed by atoms with Crippen LogP contribution in [0.4, 0.5) is 4.79 Å². The molecule has 0 aromatic heterocycles. The van der Waals surface area contributed by atoms with Crippen molar-refractivity contribution in [3.8, 4) is 0 Å². The zero-order valence-electron chi connectivity index (χ0n) is 11.3. The summed E-state index contributed by atoms with van der Waals surface area (Å²) >= 11 is 0. The number of urea groups is 1. The molecule has 0 radical (unpaired) electrons. The Hall–Kier alpha value is -1.34. The summed E-state index contributed by atoms with van der Waals surface area (Å²) in [6, 6.07) is -1.13. The van der Waals surface area contributed by atoms with E-state index < -0.39 is 18.1 Å². The van der Waals surface area contributed by atoms with Gasteiger partial charge >= 0.3 is 12.0 Å². The summed E-state index contributed by atoms with van der Waals surface area (Å²) < 4.78 is 0. The van der Waals surface area contributed by atoms with Gasteiger partial charge in [0.25, 0.3) is 0 Å². The number of nitrogens with zero attached hydrogens (tertiary/aromatic N) is 3. The number of aliphatic carboxylic acids is 1. The molecule has 0 spiro atoms. The lowest BCUT2D eigenvalue weighted by Gasteiger charge is -2.40. The predicted octanol–water partition coefficient (Wildman–Crippen LogP) is -0.738. The number of carboxylic acid groups (broad SMARTS) is 1. The first-order valence-corrected chi connectivity index (χ1v) is 6.56. The van der Waals surface area contributed by atoms with Crippen LogP contribution < -0.4 is 0 Å². The maximum atomic E-state index is 12.4. The molecule has 2 saturated heterocycles. The molecular weight excluding hydrogens is 250 g/mol. The lowest BCUT2D eigenvalue weighted by atomic mass is 10.2. The van der Waals surface area contributed by atoms with Gasteiger partial charge in [0.05, 0.1) is 6.10 Å². The second-order valence-electron chi connectivity index (χ2n) is 5.48. The molecule has 2 amide bonds. The highest BCUT2D eigenvalue weighted by atomic mass is 16.4. The fourth-order valence-electron chi connectivity index (χ4n) is 2.85. The maximum Gasteiger partial charge on any atom is 0.326 e. The van der Waals surface area contributed by atoms with Crippen LogP contribution in [-0.2, 0) is 4.79 Å². The number of aliphatic hydroxyl groups is 1. The van der Waals surface area contributed by atoms with E-state index in [4.69, 9.17) is 5.11 Å². The molecule has 1 unspecified atom stereocenters. The third kappa shape index (κ3) is 2.82. The van der Waals surface area contributed by atoms with Crippen LogP contribution in [-0.4, -0.2) is 88.3 Å². The Kier molecular flexibility index (Phi) is 3.96. The van der Waals surface area contributed by atoms with E-state index in [9.17, 15) is 14.7 Å². The number of rotatable bonds is 1. The number of β-amino-alcohol motifs (C(OH)–C–C–N with tert-alkyl or cyclic N) is 1. The lowest BCUT2D eigenvalue weighted by molar-refractivity contribution is -0.141. The molecule has 2 rings (SSSR count). The van der Waals surface area contributed by atoms with Crippen molar-refractivity contribution in [1.82, 2.24) is 14.7 Å². The van der Waals surface area contributed by atoms with Gasteiger partial charge in [-0.3, -0.25) is 0 Å². The average molecular weight is 271 g/mol. The summed E-state index contributed by atoms with van der Waals surface area (Å²) in [5, 5.41) is 18.7. The molecule has 2 aliphatic heterocycles. The van der Waals surface area contributed by atoms with Crippen molar-refractivity contribution in [2.24, 2.45) is 0 Å². The summed E-state index contributed by atoms with van der Waals surface area (Å²) in [4.78, 5) is 28.7. The first kappa shape index (κ1) is 14.1. The van der Waals surface area contributed by atoms with Crippen LogP contribution in [0.15, 0.2) is 0 Å². The van der Waals surface area contributed by atoms with Gasteiger partial charge in [0.1, 0.15) is 6.04 Å². The molecule has 2 aliphatic rings. The van der Waals surface area contributed by atoms with E-state index in [1.807, 2.05) is 14.0 Å². The van der Waals surface area contributed by atoms with Crippen LogP contribution in [0.1, 0.15) is 13.3 Å². The van der Waals surface area contributed by atoms with Gasteiger partial charge < -0.3 is 24.9 Å². The summed E-state index contributed by atoms with van der Waals surface area (Å²) in [6.45, 7) is 4.21. The quantitative estimate of drug-likeness (QED) is 0.656. The largest absolute Gasteiger partial charge is 0.480 e. The Morgan fingerprint density at radius 2 is 1.84 bits per heavy atom. The molecular formula is C12H21N3O4. The number of carbonyl (C=O) groups is 2. The van der Waals surface area contributed by atoms with Crippen LogP contribution in [0.2, 0.25) is 0 Å². The van der Waals surface area contributed by atoms with E-state index in [1.165, 1.54) is 4.90 Å². The molecule has 0 bridgehead atoms. The number of hydrogen-bond donors (Lipinski definition) is 2. The highest BCUT2D eigenvalue weighted by Gasteiger charge is 2.42. The number of amides is 2. The van der Waals surface area contributed by atoms with Crippen molar-refractivity contribution < 1.29 is 19.8 Å². The summed E-state index contributed by atoms with van der Waals surface area (Å²) in [6.07, 6.45) is -0.628. The average Bonchev–Trinajstić information content (AvgIpc) is 2.70. The number of hydrogen-bond acceptors (Lipinski definition) is 4. The summed E-state index contributed by atoms with van der Waals surface area (Å²) in [5.41, 5.74) is 0. The monoisotopic (exact) mass is 271 g/mol.